The number of H-pyrrole nitrogens is 1. The number of hydrogen-bond acceptors (Lipinski definition) is 11. The predicted molar refractivity (Wildman–Crippen MR) is 257 cm³/mol. The molecule has 0 radical (unpaired) electrons. The molecule has 2 aliphatic heterocycles. The zero-order valence-corrected chi connectivity index (χ0v) is 38.8. The molecule has 6 unspecified atom stereocenters. The summed E-state index contributed by atoms with van der Waals surface area (Å²) in [7, 11) is 0. The van der Waals surface area contributed by atoms with Gasteiger partial charge in [-0.05, 0) is 92.5 Å². The van der Waals surface area contributed by atoms with Gasteiger partial charge in [-0.25, -0.2) is 4.79 Å². The van der Waals surface area contributed by atoms with Gasteiger partial charge < -0.3 is 51.7 Å². The highest BCUT2D eigenvalue weighted by Crippen LogP contribution is 2.24. The van der Waals surface area contributed by atoms with E-state index in [0.29, 0.717) is 47.0 Å². The lowest BCUT2D eigenvalue weighted by atomic mass is 9.99. The average molecular weight is 944 g/mol. The van der Waals surface area contributed by atoms with Crippen LogP contribution in [0, 0.1) is 12.8 Å². The lowest BCUT2D eigenvalue weighted by molar-refractivity contribution is -0.143. The van der Waals surface area contributed by atoms with Crippen LogP contribution >= 0.6 is 0 Å². The number of phenols is 1. The summed E-state index contributed by atoms with van der Waals surface area (Å²) in [5.74, 6) is -5.34. The van der Waals surface area contributed by atoms with Crippen molar-refractivity contribution in [3.05, 3.63) is 106 Å². The first-order valence-electron chi connectivity index (χ1n) is 23.0. The second kappa shape index (κ2) is 21.4. The predicted octanol–water partition coefficient (Wildman–Crippen LogP) is 2.80. The van der Waals surface area contributed by atoms with Gasteiger partial charge in [-0.15, -0.1) is 0 Å². The van der Waals surface area contributed by atoms with E-state index < -0.39 is 95.6 Å². The van der Waals surface area contributed by atoms with E-state index in [9.17, 15) is 43.5 Å². The topological polar surface area (TPSA) is 287 Å². The molecule has 7 amide bonds. The van der Waals surface area contributed by atoms with E-state index in [1.807, 2.05) is 24.3 Å². The van der Waals surface area contributed by atoms with E-state index in [2.05, 4.69) is 36.6 Å². The Bertz CT molecular complexity index is 2870. The van der Waals surface area contributed by atoms with Gasteiger partial charge >= 0.3 is 5.63 Å². The van der Waals surface area contributed by atoms with Crippen LogP contribution < -0.4 is 37.9 Å². The van der Waals surface area contributed by atoms with Crippen LogP contribution in [-0.2, 0) is 46.4 Å². The molecule has 69 heavy (non-hydrogen) atoms. The summed E-state index contributed by atoms with van der Waals surface area (Å²) in [5.41, 5.74) is 9.05. The smallest absolute Gasteiger partial charge is 0.336 e. The first-order valence-corrected chi connectivity index (χ1v) is 23.0. The number of carbonyl (C=O) groups is 7. The second-order valence-electron chi connectivity index (χ2n) is 18.1. The molecule has 0 spiro atoms. The summed E-state index contributed by atoms with van der Waals surface area (Å²) in [6.45, 7) is 7.10. The lowest BCUT2D eigenvalue weighted by Gasteiger charge is -2.31. The van der Waals surface area contributed by atoms with Crippen LogP contribution in [0.25, 0.3) is 21.9 Å². The maximum Gasteiger partial charge on any atom is 0.336 e. The molecule has 0 aliphatic carbocycles. The van der Waals surface area contributed by atoms with E-state index in [4.69, 9.17) is 10.2 Å². The van der Waals surface area contributed by atoms with Crippen LogP contribution in [0.1, 0.15) is 69.6 Å². The minimum absolute atomic E-state index is 0.0166. The van der Waals surface area contributed by atoms with Crippen molar-refractivity contribution in [2.75, 3.05) is 11.9 Å². The molecule has 0 bridgehead atoms. The highest BCUT2D eigenvalue weighted by Gasteiger charge is 2.41. The van der Waals surface area contributed by atoms with Crippen LogP contribution in [0.15, 0.2) is 93.2 Å². The molecule has 0 saturated carbocycles. The number of carbonyl (C=O) groups excluding carboxylic acids is 7. The van der Waals surface area contributed by atoms with Crippen molar-refractivity contribution in [2.45, 2.75) is 109 Å². The number of aryl methyl sites for hydroxylation is 1. The third-order valence-electron chi connectivity index (χ3n) is 12.5. The van der Waals surface area contributed by atoms with Crippen molar-refractivity contribution in [1.82, 2.24) is 31.2 Å². The maximum atomic E-state index is 14.6. The van der Waals surface area contributed by atoms with Gasteiger partial charge in [0.05, 0.1) is 6.42 Å². The van der Waals surface area contributed by atoms with Crippen LogP contribution in [0.3, 0.4) is 0 Å². The van der Waals surface area contributed by atoms with Crippen molar-refractivity contribution in [2.24, 2.45) is 16.6 Å². The van der Waals surface area contributed by atoms with Gasteiger partial charge in [-0.2, -0.15) is 0 Å². The van der Waals surface area contributed by atoms with Gasteiger partial charge in [-0.3, -0.25) is 38.6 Å². The van der Waals surface area contributed by atoms with Gasteiger partial charge in [0.25, 0.3) is 0 Å². The normalized spacial score (nSPS) is 17.4. The number of aromatic hydroxyl groups is 1. The number of phenolic OH excluding ortho intramolecular Hbond substituents is 1. The Kier molecular flexibility index (Phi) is 15.2. The number of para-hydroxylation sites is 1. The van der Waals surface area contributed by atoms with Gasteiger partial charge in [0, 0.05) is 65.4 Å². The van der Waals surface area contributed by atoms with Gasteiger partial charge in [0.2, 0.25) is 41.4 Å². The molecular formula is C50H57N9O10. The number of nitrogens with one attached hydrogen (secondary N) is 6. The summed E-state index contributed by atoms with van der Waals surface area (Å²) in [4.78, 5) is 117. The third-order valence-corrected chi connectivity index (χ3v) is 12.5. The van der Waals surface area contributed by atoms with Crippen LogP contribution in [-0.4, -0.2) is 105 Å². The SMILES string of the molecule is CC1=NC(C(=O)NC(CC(N)=O)C(=O)N2CCCC2C(=O)NC(C(=O)NC(Cc2ccc(O)cc2)C(=O)NC(Cc2c[nH]c3ccccc23)C(=O)Nc2ccc3c(C)cc(=O)oc3c2)C(C)C)CC1. The number of benzene rings is 3. The van der Waals surface area contributed by atoms with Gasteiger partial charge in [0.1, 0.15) is 47.6 Å². The number of fused-ring (bicyclic) bond motifs is 2. The molecule has 5 aromatic rings. The lowest BCUT2D eigenvalue weighted by Crippen LogP contribution is -2.60. The van der Waals surface area contributed by atoms with Crippen molar-refractivity contribution in [3.8, 4) is 5.75 Å². The van der Waals surface area contributed by atoms with Crippen molar-refractivity contribution >= 4 is 74.6 Å². The molecule has 9 N–H and O–H groups in total. The van der Waals surface area contributed by atoms with Gasteiger partial charge in [-0.1, -0.05) is 44.2 Å². The fraction of sp³-hybridized carbons (Fsp3) is 0.380. The molecule has 3 aromatic carbocycles. The quantitative estimate of drug-likeness (QED) is 0.0595. The molecule has 7 rings (SSSR count). The van der Waals surface area contributed by atoms with Crippen molar-refractivity contribution < 1.29 is 43.1 Å². The number of hydrogen-bond donors (Lipinski definition) is 8. The molecule has 19 heteroatoms. The third kappa shape index (κ3) is 12.0. The first kappa shape index (κ1) is 49.1. The number of rotatable bonds is 18. The number of amides is 7. The minimum atomic E-state index is -1.34. The van der Waals surface area contributed by atoms with Crippen LogP contribution in [0.4, 0.5) is 5.69 Å². The minimum Gasteiger partial charge on any atom is -0.508 e. The number of aromatic nitrogens is 1. The number of anilines is 1. The van der Waals surface area contributed by atoms with Gasteiger partial charge in [0.15, 0.2) is 0 Å². The number of likely N-dealkylation sites (tertiary alicyclic amines) is 1. The molecule has 19 nitrogen and oxygen atoms in total. The molecule has 4 heterocycles. The molecule has 2 aromatic heterocycles. The summed E-state index contributed by atoms with van der Waals surface area (Å²) < 4.78 is 5.40. The number of aromatic amines is 1. The summed E-state index contributed by atoms with van der Waals surface area (Å²) in [6.07, 6.45) is 2.89. The monoisotopic (exact) mass is 943 g/mol. The van der Waals surface area contributed by atoms with Crippen molar-refractivity contribution in [1.29, 1.82) is 0 Å². The summed E-state index contributed by atoms with van der Waals surface area (Å²) in [5, 5.41) is 25.4. The number of aliphatic imine (C=N–C) groups is 1. The fourth-order valence-corrected chi connectivity index (χ4v) is 8.86. The molecule has 1 saturated heterocycles. The number of primary amides is 1. The number of nitrogens with zero attached hydrogens (tertiary/aromatic N) is 2. The molecule has 6 atom stereocenters. The highest BCUT2D eigenvalue weighted by molar-refractivity contribution is 6.01. The van der Waals surface area contributed by atoms with E-state index >= 15 is 0 Å². The second-order valence-corrected chi connectivity index (χ2v) is 18.1. The average Bonchev–Trinajstić information content (AvgIpc) is 4.08. The zero-order valence-electron chi connectivity index (χ0n) is 38.8. The highest BCUT2D eigenvalue weighted by atomic mass is 16.4. The number of nitrogens with two attached hydrogens (primary N) is 1. The molecular weight excluding hydrogens is 887 g/mol. The van der Waals surface area contributed by atoms with Crippen molar-refractivity contribution in [3.63, 3.8) is 0 Å². The molecule has 2 aliphatic rings. The fourth-order valence-electron chi connectivity index (χ4n) is 8.86. The Balaban J connectivity index is 1.11. The largest absolute Gasteiger partial charge is 0.508 e. The van der Waals surface area contributed by atoms with E-state index in [1.54, 1.807) is 58.2 Å². The van der Waals surface area contributed by atoms with Crippen LogP contribution in [0.2, 0.25) is 0 Å². The first-order chi connectivity index (χ1) is 32.9. The molecule has 362 valence electrons. The zero-order chi connectivity index (χ0) is 49.5. The Morgan fingerprint density at radius 2 is 1.55 bits per heavy atom. The summed E-state index contributed by atoms with van der Waals surface area (Å²) >= 11 is 0. The van der Waals surface area contributed by atoms with E-state index in [0.717, 1.165) is 16.6 Å². The summed E-state index contributed by atoms with van der Waals surface area (Å²) in [6, 6.07) is 12.8. The Morgan fingerprint density at radius 1 is 0.826 bits per heavy atom. The standard InChI is InChI=1S/C50H57N9O10/c1-26(2)44(58-48(66)40-10-7-19-59(40)50(68)39(24-42(51)61)57-45(63)36-18-11-28(4)53-36)49(67)56-37(21-29-12-15-32(60)16-13-29)47(65)55-38(22-30-25-52-35-9-6-5-8-34(30)35)46(64)54-31-14-17-33-27(3)20-43(62)69-41(33)23-31/h5-6,8-9,12-17,20,23,25-26,36-40,44,52,60H,7,10-11,18-19,21-22,24H2,1-4H3,(H2,51,61)(H,54,64)(H,55,65)(H,56,67)(H,57,63)(H,58,66). The Hall–Kier alpha value is -7.83. The Labute approximate surface area is 397 Å². The van der Waals surface area contributed by atoms with E-state index in [1.165, 1.54) is 29.2 Å². The Morgan fingerprint density at radius 3 is 2.26 bits per heavy atom. The maximum absolute atomic E-state index is 14.6. The van der Waals surface area contributed by atoms with E-state index in [-0.39, 0.29) is 37.1 Å². The molecule has 1 fully saturated rings. The van der Waals surface area contributed by atoms with Crippen LogP contribution in [0.5, 0.6) is 5.75 Å².